The molecule has 0 bridgehead atoms. The lowest BCUT2D eigenvalue weighted by atomic mass is 9.96. The highest BCUT2D eigenvalue weighted by Gasteiger charge is 2.37. The molecule has 1 amide bonds. The minimum absolute atomic E-state index is 0.215. The summed E-state index contributed by atoms with van der Waals surface area (Å²) >= 11 is 0. The Morgan fingerprint density at radius 2 is 1.78 bits per heavy atom. The van der Waals surface area contributed by atoms with Crippen LogP contribution >= 0.6 is 0 Å². The molecule has 148 valence electrons. The van der Waals surface area contributed by atoms with Gasteiger partial charge in [-0.2, -0.15) is 0 Å². The number of carbonyl (C=O) groups excluding carboxylic acids is 1. The molecule has 1 unspecified atom stereocenters. The van der Waals surface area contributed by atoms with Crippen molar-refractivity contribution < 1.29 is 4.79 Å². The van der Waals surface area contributed by atoms with Gasteiger partial charge < -0.3 is 20.0 Å². The molecule has 1 N–H and O–H groups in total. The number of nitrogens with zero attached hydrogens (tertiary/aromatic N) is 5. The Labute approximate surface area is 162 Å². The minimum atomic E-state index is 0.215. The van der Waals surface area contributed by atoms with E-state index < -0.39 is 0 Å². The number of hydrogen-bond donors (Lipinski definition) is 1. The molecule has 3 heterocycles. The van der Waals surface area contributed by atoms with Gasteiger partial charge in [-0.15, -0.1) is 0 Å². The van der Waals surface area contributed by atoms with Crippen LogP contribution in [0.25, 0.3) is 0 Å². The van der Waals surface area contributed by atoms with E-state index in [1.165, 1.54) is 25.7 Å². The standard InChI is InChI=1S/C20H32N6O/c1-24(2)18-11-19(23-14-22-18)26(16-4-5-16)17-7-9-25(10-8-17)13-15-3-6-20(27)21-12-15/h11,14-17H,3-10,12-13H2,1-2H3,(H,21,27). The largest absolute Gasteiger partial charge is 0.363 e. The van der Waals surface area contributed by atoms with Crippen molar-refractivity contribution in [1.29, 1.82) is 0 Å². The van der Waals surface area contributed by atoms with Gasteiger partial charge in [0.25, 0.3) is 0 Å². The molecule has 7 nitrogen and oxygen atoms in total. The number of hydrogen-bond acceptors (Lipinski definition) is 6. The van der Waals surface area contributed by atoms with Crippen molar-refractivity contribution in [1.82, 2.24) is 20.2 Å². The van der Waals surface area contributed by atoms with Crippen molar-refractivity contribution in [3.63, 3.8) is 0 Å². The van der Waals surface area contributed by atoms with Crippen LogP contribution in [0.15, 0.2) is 12.4 Å². The summed E-state index contributed by atoms with van der Waals surface area (Å²) in [6, 6.07) is 3.36. The maximum absolute atomic E-state index is 11.3. The average molecular weight is 373 g/mol. The van der Waals surface area contributed by atoms with Crippen LogP contribution in [0.4, 0.5) is 11.6 Å². The normalized spacial score (nSPS) is 24.5. The second-order valence-electron chi connectivity index (χ2n) is 8.51. The molecule has 1 aliphatic carbocycles. The predicted octanol–water partition coefficient (Wildman–Crippen LogP) is 1.50. The Bertz CT molecular complexity index is 644. The van der Waals surface area contributed by atoms with E-state index >= 15 is 0 Å². The van der Waals surface area contributed by atoms with Crippen LogP contribution in [0.5, 0.6) is 0 Å². The molecular weight excluding hydrogens is 340 g/mol. The zero-order valence-electron chi connectivity index (χ0n) is 16.6. The molecule has 1 aromatic rings. The first-order chi connectivity index (χ1) is 13.1. The number of rotatable bonds is 6. The minimum Gasteiger partial charge on any atom is -0.363 e. The predicted molar refractivity (Wildman–Crippen MR) is 107 cm³/mol. The van der Waals surface area contributed by atoms with Crippen LogP contribution in [0.3, 0.4) is 0 Å². The molecule has 27 heavy (non-hydrogen) atoms. The number of amides is 1. The van der Waals surface area contributed by atoms with E-state index in [0.717, 1.165) is 44.2 Å². The third kappa shape index (κ3) is 4.51. The first-order valence-corrected chi connectivity index (χ1v) is 10.4. The van der Waals surface area contributed by atoms with Gasteiger partial charge in [-0.3, -0.25) is 4.79 Å². The Hall–Kier alpha value is -1.89. The van der Waals surface area contributed by atoms with Crippen molar-refractivity contribution in [3.8, 4) is 0 Å². The van der Waals surface area contributed by atoms with Crippen molar-refractivity contribution in [2.45, 2.75) is 50.6 Å². The van der Waals surface area contributed by atoms with Gasteiger partial charge in [0.15, 0.2) is 0 Å². The van der Waals surface area contributed by atoms with Gasteiger partial charge >= 0.3 is 0 Å². The van der Waals surface area contributed by atoms with Gasteiger partial charge in [-0.05, 0) is 38.0 Å². The zero-order valence-corrected chi connectivity index (χ0v) is 16.6. The molecular formula is C20H32N6O. The summed E-state index contributed by atoms with van der Waals surface area (Å²) in [6.07, 6.45) is 8.37. The van der Waals surface area contributed by atoms with E-state index in [4.69, 9.17) is 0 Å². The van der Waals surface area contributed by atoms with E-state index in [0.29, 0.717) is 24.4 Å². The van der Waals surface area contributed by atoms with Gasteiger partial charge in [0.2, 0.25) is 5.91 Å². The molecule has 2 aliphatic heterocycles. The number of likely N-dealkylation sites (tertiary alicyclic amines) is 1. The summed E-state index contributed by atoms with van der Waals surface area (Å²) in [5.74, 6) is 2.89. The molecule has 1 atom stereocenters. The third-order valence-corrected chi connectivity index (χ3v) is 6.14. The molecule has 3 fully saturated rings. The molecule has 3 aliphatic rings. The highest BCUT2D eigenvalue weighted by atomic mass is 16.1. The third-order valence-electron chi connectivity index (χ3n) is 6.14. The first-order valence-electron chi connectivity index (χ1n) is 10.4. The van der Waals surface area contributed by atoms with Crippen molar-refractivity contribution >= 4 is 17.5 Å². The van der Waals surface area contributed by atoms with Crippen LogP contribution in [0.2, 0.25) is 0 Å². The fourth-order valence-corrected chi connectivity index (χ4v) is 4.43. The highest BCUT2D eigenvalue weighted by Crippen LogP contribution is 2.36. The van der Waals surface area contributed by atoms with Gasteiger partial charge in [-0.25, -0.2) is 9.97 Å². The number of carbonyl (C=O) groups is 1. The quantitative estimate of drug-likeness (QED) is 0.816. The van der Waals surface area contributed by atoms with Crippen LogP contribution in [-0.4, -0.2) is 73.1 Å². The first kappa shape index (κ1) is 18.5. The molecule has 0 radical (unpaired) electrons. The molecule has 1 saturated carbocycles. The van der Waals surface area contributed by atoms with Crippen molar-refractivity contribution in [2.24, 2.45) is 5.92 Å². The van der Waals surface area contributed by atoms with Gasteiger partial charge in [-0.1, -0.05) is 0 Å². The van der Waals surface area contributed by atoms with E-state index in [1.807, 2.05) is 19.0 Å². The second kappa shape index (κ2) is 8.00. The lowest BCUT2D eigenvalue weighted by Gasteiger charge is -2.40. The molecule has 2 saturated heterocycles. The summed E-state index contributed by atoms with van der Waals surface area (Å²) in [5.41, 5.74) is 0. The second-order valence-corrected chi connectivity index (χ2v) is 8.51. The summed E-state index contributed by atoms with van der Waals surface area (Å²) in [5, 5.41) is 3.02. The van der Waals surface area contributed by atoms with Crippen LogP contribution < -0.4 is 15.1 Å². The Balaban J connectivity index is 1.35. The molecule has 4 rings (SSSR count). The van der Waals surface area contributed by atoms with Crippen molar-refractivity contribution in [3.05, 3.63) is 12.4 Å². The monoisotopic (exact) mass is 372 g/mol. The van der Waals surface area contributed by atoms with E-state index in [2.05, 4.69) is 31.2 Å². The molecule has 0 aromatic carbocycles. The Kier molecular flexibility index (Phi) is 5.48. The Morgan fingerprint density at radius 1 is 1.07 bits per heavy atom. The van der Waals surface area contributed by atoms with Gasteiger partial charge in [0, 0.05) is 64.8 Å². The lowest BCUT2D eigenvalue weighted by Crippen LogP contribution is -2.48. The maximum Gasteiger partial charge on any atom is 0.220 e. The Morgan fingerprint density at radius 3 is 2.41 bits per heavy atom. The highest BCUT2D eigenvalue weighted by molar-refractivity contribution is 5.76. The van der Waals surface area contributed by atoms with Crippen LogP contribution in [0.1, 0.15) is 38.5 Å². The summed E-state index contributed by atoms with van der Waals surface area (Å²) in [4.78, 5) is 27.5. The molecule has 1 aromatic heterocycles. The summed E-state index contributed by atoms with van der Waals surface area (Å²) < 4.78 is 0. The van der Waals surface area contributed by atoms with E-state index in [1.54, 1.807) is 6.33 Å². The topological polar surface area (TPSA) is 64.6 Å². The number of piperidine rings is 2. The van der Waals surface area contributed by atoms with E-state index in [9.17, 15) is 4.79 Å². The fraction of sp³-hybridized carbons (Fsp3) is 0.750. The number of anilines is 2. The summed E-state index contributed by atoms with van der Waals surface area (Å²) in [6.45, 7) is 4.25. The average Bonchev–Trinajstić information content (AvgIpc) is 3.50. The van der Waals surface area contributed by atoms with Crippen molar-refractivity contribution in [2.75, 3.05) is 50.1 Å². The van der Waals surface area contributed by atoms with Gasteiger partial charge in [0.05, 0.1) is 0 Å². The number of nitrogens with one attached hydrogen (secondary N) is 1. The zero-order chi connectivity index (χ0) is 18.8. The van der Waals surface area contributed by atoms with Crippen LogP contribution in [0, 0.1) is 5.92 Å². The lowest BCUT2D eigenvalue weighted by molar-refractivity contribution is -0.123. The van der Waals surface area contributed by atoms with E-state index in [-0.39, 0.29) is 5.91 Å². The SMILES string of the molecule is CN(C)c1cc(N(C2CC2)C2CCN(CC3CCC(=O)NC3)CC2)ncn1. The fourth-order valence-electron chi connectivity index (χ4n) is 4.43. The summed E-state index contributed by atoms with van der Waals surface area (Å²) in [7, 11) is 4.06. The molecule has 7 heteroatoms. The van der Waals surface area contributed by atoms with Gasteiger partial charge in [0.1, 0.15) is 18.0 Å². The number of aromatic nitrogens is 2. The smallest absolute Gasteiger partial charge is 0.220 e. The van der Waals surface area contributed by atoms with Crippen LogP contribution in [-0.2, 0) is 4.79 Å². The molecule has 0 spiro atoms. The maximum atomic E-state index is 11.3.